The summed E-state index contributed by atoms with van der Waals surface area (Å²) >= 11 is 2.20. The number of rotatable bonds is 3. The highest BCUT2D eigenvalue weighted by Crippen LogP contribution is 2.24. The van der Waals surface area contributed by atoms with E-state index in [1.165, 1.54) is 0 Å². The Morgan fingerprint density at radius 2 is 2.06 bits per heavy atom. The SMILES string of the molecule is C=CCN(C(=O)OC(C)(C)C)c1ccccc1I. The lowest BCUT2D eigenvalue weighted by Gasteiger charge is -2.27. The summed E-state index contributed by atoms with van der Waals surface area (Å²) in [5.74, 6) is 0. The van der Waals surface area contributed by atoms with Crippen LogP contribution in [0.3, 0.4) is 0 Å². The van der Waals surface area contributed by atoms with E-state index in [0.717, 1.165) is 9.26 Å². The maximum absolute atomic E-state index is 12.2. The monoisotopic (exact) mass is 359 g/mol. The number of hydrogen-bond acceptors (Lipinski definition) is 2. The quantitative estimate of drug-likeness (QED) is 0.598. The van der Waals surface area contributed by atoms with Crippen molar-refractivity contribution in [2.45, 2.75) is 26.4 Å². The van der Waals surface area contributed by atoms with Crippen molar-refractivity contribution in [2.24, 2.45) is 0 Å². The first-order valence-corrected chi connectivity index (χ1v) is 6.79. The second kappa shape index (κ2) is 6.22. The minimum atomic E-state index is -0.503. The number of halogens is 1. The summed E-state index contributed by atoms with van der Waals surface area (Å²) in [6.45, 7) is 9.67. The van der Waals surface area contributed by atoms with Gasteiger partial charge < -0.3 is 4.74 Å². The fourth-order valence-electron chi connectivity index (χ4n) is 1.39. The van der Waals surface area contributed by atoms with Crippen LogP contribution in [0, 0.1) is 3.57 Å². The largest absolute Gasteiger partial charge is 0.443 e. The topological polar surface area (TPSA) is 29.5 Å². The number of para-hydroxylation sites is 1. The van der Waals surface area contributed by atoms with Crippen LogP contribution in [0.15, 0.2) is 36.9 Å². The first-order valence-electron chi connectivity index (χ1n) is 5.71. The molecule has 4 heteroatoms. The van der Waals surface area contributed by atoms with Crippen molar-refractivity contribution in [2.75, 3.05) is 11.4 Å². The molecule has 0 aromatic heterocycles. The average Bonchev–Trinajstić information content (AvgIpc) is 2.24. The van der Waals surface area contributed by atoms with Crippen molar-refractivity contribution < 1.29 is 9.53 Å². The molecule has 0 N–H and O–H groups in total. The number of benzene rings is 1. The molecular formula is C14H18INO2. The zero-order chi connectivity index (χ0) is 13.8. The average molecular weight is 359 g/mol. The van der Waals surface area contributed by atoms with Crippen LogP contribution < -0.4 is 4.90 Å². The fraction of sp³-hybridized carbons (Fsp3) is 0.357. The third-order valence-corrected chi connectivity index (χ3v) is 2.98. The molecule has 1 aromatic rings. The van der Waals surface area contributed by atoms with Crippen molar-refractivity contribution in [3.63, 3.8) is 0 Å². The highest BCUT2D eigenvalue weighted by atomic mass is 127. The van der Waals surface area contributed by atoms with Gasteiger partial charge in [0.15, 0.2) is 0 Å². The predicted molar refractivity (Wildman–Crippen MR) is 82.9 cm³/mol. The molecular weight excluding hydrogens is 341 g/mol. The van der Waals surface area contributed by atoms with E-state index < -0.39 is 5.60 Å². The molecule has 98 valence electrons. The van der Waals surface area contributed by atoms with E-state index in [9.17, 15) is 4.79 Å². The van der Waals surface area contributed by atoms with Crippen LogP contribution in [0.2, 0.25) is 0 Å². The molecule has 0 saturated carbocycles. The number of nitrogens with zero attached hydrogens (tertiary/aromatic N) is 1. The van der Waals surface area contributed by atoms with Gasteiger partial charge in [0.05, 0.1) is 5.69 Å². The maximum atomic E-state index is 12.2. The lowest BCUT2D eigenvalue weighted by Crippen LogP contribution is -2.37. The highest BCUT2D eigenvalue weighted by Gasteiger charge is 2.23. The standard InChI is InChI=1S/C14H18INO2/c1-5-10-16(13(17)18-14(2,3)4)12-9-7-6-8-11(12)15/h5-9H,1,10H2,2-4H3. The lowest BCUT2D eigenvalue weighted by atomic mass is 10.2. The lowest BCUT2D eigenvalue weighted by molar-refractivity contribution is 0.0584. The third-order valence-electron chi connectivity index (χ3n) is 2.07. The molecule has 0 unspecified atom stereocenters. The van der Waals surface area contributed by atoms with Crippen LogP contribution in [-0.2, 0) is 4.74 Å². The molecule has 1 rings (SSSR count). The molecule has 3 nitrogen and oxygen atoms in total. The number of anilines is 1. The Bertz CT molecular complexity index is 438. The number of hydrogen-bond donors (Lipinski definition) is 0. The Morgan fingerprint density at radius 1 is 1.44 bits per heavy atom. The Labute approximate surface area is 122 Å². The molecule has 0 aliphatic carbocycles. The van der Waals surface area contributed by atoms with Gasteiger partial charge in [0.1, 0.15) is 5.60 Å². The van der Waals surface area contributed by atoms with E-state index in [0.29, 0.717) is 6.54 Å². The Morgan fingerprint density at radius 3 is 2.56 bits per heavy atom. The molecule has 18 heavy (non-hydrogen) atoms. The van der Waals surface area contributed by atoms with Gasteiger partial charge >= 0.3 is 6.09 Å². The van der Waals surface area contributed by atoms with Crippen molar-refractivity contribution in [1.82, 2.24) is 0 Å². The smallest absolute Gasteiger partial charge is 0.415 e. The van der Waals surface area contributed by atoms with Crippen LogP contribution >= 0.6 is 22.6 Å². The van der Waals surface area contributed by atoms with E-state index in [4.69, 9.17) is 4.74 Å². The van der Waals surface area contributed by atoms with Crippen LogP contribution in [-0.4, -0.2) is 18.2 Å². The van der Waals surface area contributed by atoms with Crippen molar-refractivity contribution in [3.8, 4) is 0 Å². The number of carbonyl (C=O) groups is 1. The van der Waals surface area contributed by atoms with Crippen LogP contribution in [0.4, 0.5) is 10.5 Å². The van der Waals surface area contributed by atoms with E-state index >= 15 is 0 Å². The maximum Gasteiger partial charge on any atom is 0.415 e. The van der Waals surface area contributed by atoms with Crippen molar-refractivity contribution in [1.29, 1.82) is 0 Å². The summed E-state index contributed by atoms with van der Waals surface area (Å²) in [6.07, 6.45) is 1.33. The number of carbonyl (C=O) groups excluding carboxylic acids is 1. The van der Waals surface area contributed by atoms with Gasteiger partial charge in [0, 0.05) is 10.1 Å². The third kappa shape index (κ3) is 4.33. The van der Waals surface area contributed by atoms with Gasteiger partial charge in [0.25, 0.3) is 0 Å². The van der Waals surface area contributed by atoms with Crippen LogP contribution in [0.1, 0.15) is 20.8 Å². The van der Waals surface area contributed by atoms with Gasteiger partial charge in [-0.3, -0.25) is 4.90 Å². The van der Waals surface area contributed by atoms with Gasteiger partial charge in [-0.05, 0) is 55.5 Å². The summed E-state index contributed by atoms with van der Waals surface area (Å²) in [7, 11) is 0. The molecule has 0 fully saturated rings. The molecule has 0 aliphatic heterocycles. The van der Waals surface area contributed by atoms with E-state index in [1.807, 2.05) is 45.0 Å². The first-order chi connectivity index (χ1) is 8.35. The minimum Gasteiger partial charge on any atom is -0.443 e. The molecule has 1 amide bonds. The second-order valence-corrected chi connectivity index (χ2v) is 5.99. The highest BCUT2D eigenvalue weighted by molar-refractivity contribution is 14.1. The van der Waals surface area contributed by atoms with Crippen LogP contribution in [0.25, 0.3) is 0 Å². The summed E-state index contributed by atoms with van der Waals surface area (Å²) in [5, 5.41) is 0. The summed E-state index contributed by atoms with van der Waals surface area (Å²) in [5.41, 5.74) is 0.337. The summed E-state index contributed by atoms with van der Waals surface area (Å²) < 4.78 is 6.40. The molecule has 0 atom stereocenters. The molecule has 0 spiro atoms. The molecule has 0 bridgehead atoms. The van der Waals surface area contributed by atoms with Crippen molar-refractivity contribution >= 4 is 34.4 Å². The fourth-order valence-corrected chi connectivity index (χ4v) is 2.07. The second-order valence-electron chi connectivity index (χ2n) is 4.83. The minimum absolute atomic E-state index is 0.355. The molecule has 0 aliphatic rings. The Kier molecular flexibility index (Phi) is 5.19. The summed E-state index contributed by atoms with van der Waals surface area (Å²) in [4.78, 5) is 13.7. The Hall–Kier alpha value is -1.04. The molecule has 0 heterocycles. The van der Waals surface area contributed by atoms with Gasteiger partial charge in [-0.2, -0.15) is 0 Å². The van der Waals surface area contributed by atoms with E-state index in [1.54, 1.807) is 11.0 Å². The van der Waals surface area contributed by atoms with E-state index in [-0.39, 0.29) is 6.09 Å². The molecule has 0 radical (unpaired) electrons. The van der Waals surface area contributed by atoms with E-state index in [2.05, 4.69) is 29.2 Å². The summed E-state index contributed by atoms with van der Waals surface area (Å²) in [6, 6.07) is 7.69. The van der Waals surface area contributed by atoms with Gasteiger partial charge in [-0.1, -0.05) is 18.2 Å². The number of ether oxygens (including phenoxy) is 1. The predicted octanol–water partition coefficient (Wildman–Crippen LogP) is 4.22. The van der Waals surface area contributed by atoms with Crippen LogP contribution in [0.5, 0.6) is 0 Å². The van der Waals surface area contributed by atoms with Gasteiger partial charge in [-0.25, -0.2) is 4.79 Å². The van der Waals surface area contributed by atoms with Gasteiger partial charge in [0.2, 0.25) is 0 Å². The zero-order valence-corrected chi connectivity index (χ0v) is 13.1. The Balaban J connectivity index is 3.00. The molecule has 0 saturated heterocycles. The van der Waals surface area contributed by atoms with Gasteiger partial charge in [-0.15, -0.1) is 6.58 Å². The number of amides is 1. The normalized spacial score (nSPS) is 10.9. The molecule has 1 aromatic carbocycles. The zero-order valence-electron chi connectivity index (χ0n) is 10.9. The first kappa shape index (κ1) is 15.0. The van der Waals surface area contributed by atoms with Crippen molar-refractivity contribution in [3.05, 3.63) is 40.5 Å².